The number of nitrogens with one attached hydrogen (secondary N) is 1. The van der Waals surface area contributed by atoms with Crippen molar-refractivity contribution in [3.05, 3.63) is 33.8 Å². The third-order valence-electron chi connectivity index (χ3n) is 2.65. The molecule has 0 saturated heterocycles. The highest BCUT2D eigenvalue weighted by Crippen LogP contribution is 2.31. The van der Waals surface area contributed by atoms with E-state index in [-0.39, 0.29) is 5.97 Å². The van der Waals surface area contributed by atoms with Crippen LogP contribution in [-0.4, -0.2) is 19.6 Å². The molecule has 1 atom stereocenters. The molecule has 0 bridgehead atoms. The molecule has 0 fully saturated rings. The summed E-state index contributed by atoms with van der Waals surface area (Å²) in [5.41, 5.74) is -0.331. The Morgan fingerprint density at radius 3 is 2.59 bits per heavy atom. The monoisotopic (exact) mass is 275 g/mol. The molecule has 1 unspecified atom stereocenters. The molecule has 0 saturated carbocycles. The summed E-state index contributed by atoms with van der Waals surface area (Å²) in [7, 11) is 1.68. The molecular weight excluding hydrogens is 261 g/mol. The van der Waals surface area contributed by atoms with Gasteiger partial charge in [-0.25, -0.2) is 4.79 Å². The van der Waals surface area contributed by atoms with E-state index < -0.39 is 5.54 Å². The predicted octanol–water partition coefficient (Wildman–Crippen LogP) is 2.99. The second-order valence-corrected chi connectivity index (χ2v) is 4.56. The Morgan fingerprint density at radius 2 is 2.12 bits per heavy atom. The molecule has 1 aromatic carbocycles. The maximum Gasteiger partial charge on any atom is 0.330 e. The van der Waals surface area contributed by atoms with Gasteiger partial charge < -0.3 is 10.1 Å². The molecule has 1 rings (SSSR count). The van der Waals surface area contributed by atoms with Gasteiger partial charge in [-0.15, -0.1) is 0 Å². The van der Waals surface area contributed by atoms with Crippen molar-refractivity contribution in [2.75, 3.05) is 13.7 Å². The molecule has 0 aromatic heterocycles. The molecule has 0 spiro atoms. The van der Waals surface area contributed by atoms with E-state index in [0.717, 1.165) is 0 Å². The number of benzene rings is 1. The second kappa shape index (κ2) is 5.71. The number of carbonyl (C=O) groups is 1. The first-order valence-electron chi connectivity index (χ1n) is 5.27. The molecular formula is C12H15Cl2NO2. The molecule has 0 radical (unpaired) electrons. The molecule has 1 aromatic rings. The average molecular weight is 276 g/mol. The normalized spacial score (nSPS) is 14.2. The van der Waals surface area contributed by atoms with Crippen LogP contribution in [0.1, 0.15) is 19.4 Å². The van der Waals surface area contributed by atoms with Crippen molar-refractivity contribution >= 4 is 29.2 Å². The van der Waals surface area contributed by atoms with E-state index in [0.29, 0.717) is 22.2 Å². The van der Waals surface area contributed by atoms with Crippen LogP contribution in [0.5, 0.6) is 0 Å². The van der Waals surface area contributed by atoms with Gasteiger partial charge in [-0.05, 0) is 33.0 Å². The minimum atomic E-state index is -0.975. The summed E-state index contributed by atoms with van der Waals surface area (Å²) >= 11 is 11.9. The van der Waals surface area contributed by atoms with E-state index in [2.05, 4.69) is 5.32 Å². The van der Waals surface area contributed by atoms with Gasteiger partial charge in [-0.2, -0.15) is 0 Å². The lowest BCUT2D eigenvalue weighted by Gasteiger charge is -2.28. The molecule has 0 amide bonds. The van der Waals surface area contributed by atoms with Crippen LogP contribution in [-0.2, 0) is 15.1 Å². The first-order valence-corrected chi connectivity index (χ1v) is 6.03. The van der Waals surface area contributed by atoms with Crippen LogP contribution in [0.3, 0.4) is 0 Å². The zero-order valence-electron chi connectivity index (χ0n) is 10.0. The molecule has 5 heteroatoms. The lowest BCUT2D eigenvalue weighted by atomic mass is 9.92. The molecule has 94 valence electrons. The molecule has 0 aliphatic heterocycles. The van der Waals surface area contributed by atoms with E-state index in [1.165, 1.54) is 0 Å². The van der Waals surface area contributed by atoms with Gasteiger partial charge in [0.05, 0.1) is 6.61 Å². The molecule has 1 N–H and O–H groups in total. The molecule has 0 aliphatic carbocycles. The van der Waals surface area contributed by atoms with Crippen molar-refractivity contribution in [2.24, 2.45) is 0 Å². The number of hydrogen-bond acceptors (Lipinski definition) is 3. The topological polar surface area (TPSA) is 38.3 Å². The highest BCUT2D eigenvalue weighted by Gasteiger charge is 2.36. The predicted molar refractivity (Wildman–Crippen MR) is 69.5 cm³/mol. The van der Waals surface area contributed by atoms with Crippen LogP contribution in [0.4, 0.5) is 0 Å². The molecule has 17 heavy (non-hydrogen) atoms. The lowest BCUT2D eigenvalue weighted by Crippen LogP contribution is -2.46. The van der Waals surface area contributed by atoms with Crippen molar-refractivity contribution < 1.29 is 9.53 Å². The van der Waals surface area contributed by atoms with Gasteiger partial charge in [-0.1, -0.05) is 29.3 Å². The van der Waals surface area contributed by atoms with E-state index >= 15 is 0 Å². The zero-order valence-corrected chi connectivity index (χ0v) is 11.5. The fourth-order valence-corrected chi connectivity index (χ4v) is 2.11. The fourth-order valence-electron chi connectivity index (χ4n) is 1.52. The SMILES string of the molecule is CCOC(=O)C(C)(NC)c1ccc(Cl)cc1Cl. The minimum Gasteiger partial charge on any atom is -0.464 e. The maximum atomic E-state index is 12.0. The highest BCUT2D eigenvalue weighted by atomic mass is 35.5. The number of esters is 1. The minimum absolute atomic E-state index is 0.321. The summed E-state index contributed by atoms with van der Waals surface area (Å²) in [6, 6.07) is 5.02. The van der Waals surface area contributed by atoms with Crippen molar-refractivity contribution in [3.63, 3.8) is 0 Å². The Kier molecular flexibility index (Phi) is 4.80. The number of hydrogen-bond donors (Lipinski definition) is 1. The Balaban J connectivity index is 3.20. The Labute approximate surface area is 111 Å². The van der Waals surface area contributed by atoms with Crippen LogP contribution in [0.25, 0.3) is 0 Å². The standard InChI is InChI=1S/C12H15Cl2NO2/c1-4-17-11(16)12(2,15-3)9-6-5-8(13)7-10(9)14/h5-7,15H,4H2,1-3H3. The smallest absolute Gasteiger partial charge is 0.330 e. The largest absolute Gasteiger partial charge is 0.464 e. The van der Waals surface area contributed by atoms with Gasteiger partial charge >= 0.3 is 5.97 Å². The number of ether oxygens (including phenoxy) is 1. The maximum absolute atomic E-state index is 12.0. The van der Waals surface area contributed by atoms with E-state index in [1.807, 2.05) is 0 Å². The van der Waals surface area contributed by atoms with Crippen LogP contribution in [0.15, 0.2) is 18.2 Å². The van der Waals surface area contributed by atoms with Gasteiger partial charge in [0.15, 0.2) is 0 Å². The van der Waals surface area contributed by atoms with Crippen LogP contribution < -0.4 is 5.32 Å². The van der Waals surface area contributed by atoms with E-state index in [4.69, 9.17) is 27.9 Å². The first kappa shape index (κ1) is 14.3. The van der Waals surface area contributed by atoms with Gasteiger partial charge in [0.1, 0.15) is 5.54 Å². The van der Waals surface area contributed by atoms with Crippen LogP contribution in [0, 0.1) is 0 Å². The Bertz CT molecular complexity index is 423. The summed E-state index contributed by atoms with van der Waals surface area (Å²) in [5, 5.41) is 3.90. The number of carbonyl (C=O) groups excluding carboxylic acids is 1. The fraction of sp³-hybridized carbons (Fsp3) is 0.417. The summed E-state index contributed by atoms with van der Waals surface area (Å²) in [6.07, 6.45) is 0. The number of halogens is 2. The van der Waals surface area contributed by atoms with Crippen molar-refractivity contribution in [1.29, 1.82) is 0 Å². The summed E-state index contributed by atoms with van der Waals surface area (Å²) in [6.45, 7) is 3.80. The number of likely N-dealkylation sites (N-methyl/N-ethyl adjacent to an activating group) is 1. The van der Waals surface area contributed by atoms with Gasteiger partial charge in [0, 0.05) is 15.6 Å². The first-order chi connectivity index (χ1) is 7.95. The Hall–Kier alpha value is -0.770. The molecule has 0 heterocycles. The second-order valence-electron chi connectivity index (χ2n) is 3.72. The molecule has 0 aliphatic rings. The quantitative estimate of drug-likeness (QED) is 0.859. The van der Waals surface area contributed by atoms with Crippen molar-refractivity contribution in [1.82, 2.24) is 5.32 Å². The lowest BCUT2D eigenvalue weighted by molar-refractivity contribution is -0.150. The van der Waals surface area contributed by atoms with Gasteiger partial charge in [0.25, 0.3) is 0 Å². The molecule has 3 nitrogen and oxygen atoms in total. The van der Waals surface area contributed by atoms with Crippen LogP contribution >= 0.6 is 23.2 Å². The Morgan fingerprint density at radius 1 is 1.47 bits per heavy atom. The highest BCUT2D eigenvalue weighted by molar-refractivity contribution is 6.35. The number of rotatable bonds is 4. The summed E-state index contributed by atoms with van der Waals surface area (Å²) in [5.74, 6) is -0.369. The summed E-state index contributed by atoms with van der Waals surface area (Å²) in [4.78, 5) is 12.0. The van der Waals surface area contributed by atoms with Gasteiger partial charge in [-0.3, -0.25) is 0 Å². The third-order valence-corrected chi connectivity index (χ3v) is 3.20. The third kappa shape index (κ3) is 2.92. The van der Waals surface area contributed by atoms with Crippen LogP contribution in [0.2, 0.25) is 10.0 Å². The van der Waals surface area contributed by atoms with E-state index in [1.54, 1.807) is 39.1 Å². The van der Waals surface area contributed by atoms with Gasteiger partial charge in [0.2, 0.25) is 0 Å². The van der Waals surface area contributed by atoms with Crippen molar-refractivity contribution in [3.8, 4) is 0 Å². The zero-order chi connectivity index (χ0) is 13.1. The average Bonchev–Trinajstić information content (AvgIpc) is 2.28. The summed E-state index contributed by atoms with van der Waals surface area (Å²) < 4.78 is 5.04. The van der Waals surface area contributed by atoms with E-state index in [9.17, 15) is 4.79 Å². The van der Waals surface area contributed by atoms with Crippen molar-refractivity contribution in [2.45, 2.75) is 19.4 Å².